The summed E-state index contributed by atoms with van der Waals surface area (Å²) in [5, 5.41) is 7.16. The maximum Gasteiger partial charge on any atom is 0.148 e. The maximum atomic E-state index is 13.4. The lowest BCUT2D eigenvalue weighted by Crippen LogP contribution is -2.40. The standard InChI is InChI=1S/C29H36ClFN4O4S/c1-40(36,37)12-11-32-16-23-7-10-27(39-23)20-5-8-26-24(14-20)29(34-18-33-26)35-22-6-9-28(25(30)15-22)38-17-19-3-2-4-21(31)13-19/h2-4,6,9,13,15,20,23-24,27,32H,5,7-8,10-12,14,16-18H2,1H3,(H,34,35). The van der Waals surface area contributed by atoms with Gasteiger partial charge >= 0.3 is 0 Å². The molecule has 1 saturated carbocycles. The first-order valence-electron chi connectivity index (χ1n) is 13.8. The number of sulfone groups is 1. The van der Waals surface area contributed by atoms with Gasteiger partial charge in [-0.15, -0.1) is 0 Å². The summed E-state index contributed by atoms with van der Waals surface area (Å²) < 4.78 is 48.3. The Balaban J connectivity index is 1.14. The molecule has 2 N–H and O–H groups in total. The zero-order valence-electron chi connectivity index (χ0n) is 22.6. The number of halogens is 2. The topological polar surface area (TPSA) is 101 Å². The molecule has 8 nitrogen and oxygen atoms in total. The number of anilines is 1. The fourth-order valence-corrected chi connectivity index (χ4v) is 6.43. The van der Waals surface area contributed by atoms with E-state index in [0.29, 0.717) is 36.4 Å². The number of rotatable bonds is 10. The maximum absolute atomic E-state index is 13.4. The highest BCUT2D eigenvalue weighted by Gasteiger charge is 2.39. The summed E-state index contributed by atoms with van der Waals surface area (Å²) in [6.45, 7) is 1.76. The van der Waals surface area contributed by atoms with Crippen LogP contribution in [-0.4, -0.2) is 63.9 Å². The summed E-state index contributed by atoms with van der Waals surface area (Å²) in [6.07, 6.45) is 6.44. The number of ether oxygens (including phenoxy) is 2. The average Bonchev–Trinajstić information content (AvgIpc) is 3.39. The monoisotopic (exact) mass is 590 g/mol. The second-order valence-corrected chi connectivity index (χ2v) is 13.5. The molecule has 2 aromatic rings. The highest BCUT2D eigenvalue weighted by atomic mass is 35.5. The van der Waals surface area contributed by atoms with Crippen molar-refractivity contribution in [2.75, 3.05) is 37.1 Å². The number of amidine groups is 1. The Labute approximate surface area is 240 Å². The molecule has 4 atom stereocenters. The SMILES string of the molecule is CS(=O)(=O)CCNCC1CCC(C2CCC3=NCN=C(Nc4ccc(OCc5cccc(F)c5)c(Cl)c4)C3C2)O1. The Hall–Kier alpha value is -2.53. The Morgan fingerprint density at radius 1 is 1.15 bits per heavy atom. The summed E-state index contributed by atoms with van der Waals surface area (Å²) in [5.41, 5.74) is 2.74. The van der Waals surface area contributed by atoms with Crippen molar-refractivity contribution in [3.63, 3.8) is 0 Å². The summed E-state index contributed by atoms with van der Waals surface area (Å²) >= 11 is 6.52. The molecule has 1 aliphatic carbocycles. The number of aliphatic imine (C=N–C) groups is 2. The summed E-state index contributed by atoms with van der Waals surface area (Å²) in [4.78, 5) is 9.40. The molecule has 2 heterocycles. The average molecular weight is 591 g/mol. The van der Waals surface area contributed by atoms with Gasteiger partial charge in [0.25, 0.3) is 0 Å². The second-order valence-electron chi connectivity index (χ2n) is 10.8. The summed E-state index contributed by atoms with van der Waals surface area (Å²) in [7, 11) is -2.96. The molecule has 0 amide bonds. The van der Waals surface area contributed by atoms with Crippen molar-refractivity contribution in [1.82, 2.24) is 5.32 Å². The van der Waals surface area contributed by atoms with E-state index in [1.165, 1.54) is 24.1 Å². The molecule has 3 aliphatic rings. The highest BCUT2D eigenvalue weighted by Crippen LogP contribution is 2.38. The molecule has 2 fully saturated rings. The van der Waals surface area contributed by atoms with Crippen LogP contribution in [0.5, 0.6) is 5.75 Å². The summed E-state index contributed by atoms with van der Waals surface area (Å²) in [6, 6.07) is 11.8. The predicted molar refractivity (Wildman–Crippen MR) is 157 cm³/mol. The van der Waals surface area contributed by atoms with Gasteiger partial charge in [-0.2, -0.15) is 0 Å². The molecule has 11 heteroatoms. The summed E-state index contributed by atoms with van der Waals surface area (Å²) in [5.74, 6) is 1.80. The van der Waals surface area contributed by atoms with Crippen LogP contribution in [0.25, 0.3) is 0 Å². The fourth-order valence-electron chi connectivity index (χ4n) is 5.68. The second kappa shape index (κ2) is 13.0. The Bertz CT molecular complexity index is 1370. The molecule has 0 bridgehead atoms. The molecule has 2 aromatic carbocycles. The van der Waals surface area contributed by atoms with Gasteiger partial charge < -0.3 is 20.1 Å². The molecule has 0 radical (unpaired) electrons. The van der Waals surface area contributed by atoms with E-state index in [9.17, 15) is 12.8 Å². The number of benzene rings is 2. The van der Waals surface area contributed by atoms with Crippen molar-refractivity contribution in [3.05, 3.63) is 58.9 Å². The molecular weight excluding hydrogens is 555 g/mol. The number of nitrogens with zero attached hydrogens (tertiary/aromatic N) is 2. The van der Waals surface area contributed by atoms with Crippen LogP contribution in [0, 0.1) is 17.7 Å². The van der Waals surface area contributed by atoms with Crippen LogP contribution in [0.4, 0.5) is 10.1 Å². The van der Waals surface area contributed by atoms with Gasteiger partial charge in [-0.1, -0.05) is 23.7 Å². The van der Waals surface area contributed by atoms with Gasteiger partial charge in [-0.3, -0.25) is 4.99 Å². The minimum Gasteiger partial charge on any atom is -0.487 e. The number of nitrogens with one attached hydrogen (secondary N) is 2. The molecule has 1 saturated heterocycles. The minimum atomic E-state index is -2.96. The van der Waals surface area contributed by atoms with Crippen LogP contribution < -0.4 is 15.4 Å². The predicted octanol–water partition coefficient (Wildman–Crippen LogP) is 4.88. The molecule has 5 rings (SSSR count). The van der Waals surface area contributed by atoms with E-state index in [0.717, 1.165) is 49.2 Å². The van der Waals surface area contributed by atoms with Gasteiger partial charge in [0.15, 0.2) is 0 Å². The van der Waals surface area contributed by atoms with Gasteiger partial charge in [0.05, 0.1) is 28.9 Å². The molecule has 40 heavy (non-hydrogen) atoms. The van der Waals surface area contributed by atoms with E-state index in [-0.39, 0.29) is 36.3 Å². The molecule has 4 unspecified atom stereocenters. The van der Waals surface area contributed by atoms with Crippen LogP contribution in [0.3, 0.4) is 0 Å². The van der Waals surface area contributed by atoms with Crippen molar-refractivity contribution in [3.8, 4) is 5.75 Å². The largest absolute Gasteiger partial charge is 0.487 e. The zero-order chi connectivity index (χ0) is 28.1. The lowest BCUT2D eigenvalue weighted by atomic mass is 9.76. The van der Waals surface area contributed by atoms with Crippen LogP contribution >= 0.6 is 11.6 Å². The van der Waals surface area contributed by atoms with E-state index in [1.54, 1.807) is 12.1 Å². The van der Waals surface area contributed by atoms with E-state index < -0.39 is 9.84 Å². The van der Waals surface area contributed by atoms with E-state index in [1.807, 2.05) is 18.2 Å². The lowest BCUT2D eigenvalue weighted by molar-refractivity contribution is 0.00446. The Morgan fingerprint density at radius 3 is 2.83 bits per heavy atom. The highest BCUT2D eigenvalue weighted by molar-refractivity contribution is 7.90. The van der Waals surface area contributed by atoms with Crippen molar-refractivity contribution in [1.29, 1.82) is 0 Å². The fraction of sp³-hybridized carbons (Fsp3) is 0.517. The molecule has 0 aromatic heterocycles. The first-order valence-corrected chi connectivity index (χ1v) is 16.2. The third-order valence-electron chi connectivity index (χ3n) is 7.73. The van der Waals surface area contributed by atoms with Crippen molar-refractivity contribution in [2.24, 2.45) is 21.8 Å². The van der Waals surface area contributed by atoms with Crippen LogP contribution in [0.15, 0.2) is 52.4 Å². The van der Waals surface area contributed by atoms with Gasteiger partial charge in [-0.05, 0) is 73.9 Å². The Morgan fingerprint density at radius 2 is 2.02 bits per heavy atom. The number of fused-ring (bicyclic) bond motifs is 1. The van der Waals surface area contributed by atoms with Crippen molar-refractivity contribution >= 4 is 38.7 Å². The molecule has 216 valence electrons. The lowest BCUT2D eigenvalue weighted by Gasteiger charge is -2.36. The molecule has 0 spiro atoms. The first kappa shape index (κ1) is 29.0. The van der Waals surface area contributed by atoms with E-state index in [4.69, 9.17) is 31.1 Å². The molecular formula is C29H36ClFN4O4S. The van der Waals surface area contributed by atoms with Crippen molar-refractivity contribution < 1.29 is 22.3 Å². The normalized spacial score (nSPS) is 24.7. The van der Waals surface area contributed by atoms with Crippen LogP contribution in [0.2, 0.25) is 5.02 Å². The minimum absolute atomic E-state index is 0.112. The van der Waals surface area contributed by atoms with Crippen LogP contribution in [-0.2, 0) is 21.2 Å². The first-order chi connectivity index (χ1) is 19.2. The zero-order valence-corrected chi connectivity index (χ0v) is 24.2. The third kappa shape index (κ3) is 7.81. The Kier molecular flexibility index (Phi) is 9.40. The van der Waals surface area contributed by atoms with Gasteiger partial charge in [-0.25, -0.2) is 17.8 Å². The number of hydrogen-bond acceptors (Lipinski definition) is 8. The van der Waals surface area contributed by atoms with E-state index >= 15 is 0 Å². The van der Waals surface area contributed by atoms with E-state index in [2.05, 4.69) is 10.6 Å². The number of hydrogen-bond donors (Lipinski definition) is 2. The quantitative estimate of drug-likeness (QED) is 0.383. The van der Waals surface area contributed by atoms with Crippen LogP contribution in [0.1, 0.15) is 37.7 Å². The van der Waals surface area contributed by atoms with Crippen molar-refractivity contribution in [2.45, 2.75) is 50.9 Å². The third-order valence-corrected chi connectivity index (χ3v) is 8.97. The van der Waals surface area contributed by atoms with Gasteiger partial charge in [0, 0.05) is 30.7 Å². The molecule has 2 aliphatic heterocycles. The van der Waals surface area contributed by atoms with Gasteiger partial charge in [0.1, 0.15) is 40.5 Å². The smallest absolute Gasteiger partial charge is 0.148 e. The van der Waals surface area contributed by atoms with Gasteiger partial charge in [0.2, 0.25) is 0 Å².